The Kier molecular flexibility index (Phi) is 8.79. The van der Waals surface area contributed by atoms with Crippen LogP contribution in [0.5, 0.6) is 0 Å². The molecule has 4 rings (SSSR count). The second kappa shape index (κ2) is 11.4. The number of H-pyrrole nitrogens is 1. The van der Waals surface area contributed by atoms with E-state index in [1.807, 2.05) is 6.92 Å². The SMILES string of the molecule is COCc1nc2c(C(=O)Nc3cccc(Cl)c3C)cc(NC(=O)c3c(Cl)cccc3Br)cc2[nH]1.Cl. The van der Waals surface area contributed by atoms with Gasteiger partial charge in [-0.25, -0.2) is 4.98 Å². The Morgan fingerprint density at radius 2 is 1.77 bits per heavy atom. The number of nitrogens with zero attached hydrogens (tertiary/aromatic N) is 1. The summed E-state index contributed by atoms with van der Waals surface area (Å²) in [5.41, 5.74) is 3.28. The first kappa shape index (κ1) is 27.0. The van der Waals surface area contributed by atoms with Gasteiger partial charge in [-0.05, 0) is 64.8 Å². The molecule has 1 heterocycles. The van der Waals surface area contributed by atoms with Gasteiger partial charge in [0.1, 0.15) is 17.9 Å². The summed E-state index contributed by atoms with van der Waals surface area (Å²) in [6, 6.07) is 13.6. The second-order valence-corrected chi connectivity index (χ2v) is 9.12. The maximum Gasteiger partial charge on any atom is 0.258 e. The summed E-state index contributed by atoms with van der Waals surface area (Å²) in [5, 5.41) is 6.54. The number of hydrogen-bond donors (Lipinski definition) is 3. The van der Waals surface area contributed by atoms with Crippen molar-refractivity contribution in [1.82, 2.24) is 9.97 Å². The number of amides is 2. The summed E-state index contributed by atoms with van der Waals surface area (Å²) >= 11 is 15.8. The molecule has 0 aliphatic heterocycles. The van der Waals surface area contributed by atoms with Crippen molar-refractivity contribution in [3.63, 3.8) is 0 Å². The Hall–Kier alpha value is -2.62. The minimum atomic E-state index is -0.425. The van der Waals surface area contributed by atoms with Crippen LogP contribution in [0.1, 0.15) is 32.1 Å². The predicted molar refractivity (Wildman–Crippen MR) is 145 cm³/mol. The van der Waals surface area contributed by atoms with Gasteiger partial charge < -0.3 is 20.4 Å². The molecular formula is C24H20BrCl3N4O3. The van der Waals surface area contributed by atoms with E-state index in [0.29, 0.717) is 42.8 Å². The highest BCUT2D eigenvalue weighted by atomic mass is 79.9. The number of benzene rings is 3. The molecule has 35 heavy (non-hydrogen) atoms. The van der Waals surface area contributed by atoms with Crippen LogP contribution in [-0.4, -0.2) is 28.9 Å². The molecule has 0 atom stereocenters. The van der Waals surface area contributed by atoms with Crippen molar-refractivity contribution in [1.29, 1.82) is 0 Å². The van der Waals surface area contributed by atoms with Gasteiger partial charge in [-0.15, -0.1) is 12.4 Å². The number of fused-ring (bicyclic) bond motifs is 1. The van der Waals surface area contributed by atoms with E-state index in [1.54, 1.807) is 55.6 Å². The van der Waals surface area contributed by atoms with Crippen LogP contribution in [0.2, 0.25) is 10.0 Å². The van der Waals surface area contributed by atoms with Crippen molar-refractivity contribution in [2.45, 2.75) is 13.5 Å². The van der Waals surface area contributed by atoms with E-state index in [1.165, 1.54) is 0 Å². The van der Waals surface area contributed by atoms with Gasteiger partial charge in [-0.3, -0.25) is 9.59 Å². The molecule has 4 aromatic rings. The Balaban J connectivity index is 0.00000342. The average molecular weight is 599 g/mol. The van der Waals surface area contributed by atoms with Gasteiger partial charge in [0.25, 0.3) is 11.8 Å². The highest BCUT2D eigenvalue weighted by molar-refractivity contribution is 9.10. The molecule has 0 spiro atoms. The zero-order valence-corrected chi connectivity index (χ0v) is 22.5. The number of halogens is 4. The normalized spacial score (nSPS) is 10.7. The first-order valence-corrected chi connectivity index (χ1v) is 11.7. The van der Waals surface area contributed by atoms with Crippen molar-refractivity contribution >= 4 is 85.8 Å². The van der Waals surface area contributed by atoms with Gasteiger partial charge in [0.05, 0.1) is 21.7 Å². The topological polar surface area (TPSA) is 96.1 Å². The molecule has 0 bridgehead atoms. The van der Waals surface area contributed by atoms with E-state index >= 15 is 0 Å². The molecule has 3 aromatic carbocycles. The van der Waals surface area contributed by atoms with Gasteiger partial charge >= 0.3 is 0 Å². The number of aromatic amines is 1. The van der Waals surface area contributed by atoms with Crippen LogP contribution >= 0.6 is 51.5 Å². The number of carbonyl (C=O) groups is 2. The summed E-state index contributed by atoms with van der Waals surface area (Å²) < 4.78 is 5.72. The number of nitrogens with one attached hydrogen (secondary N) is 3. The molecule has 0 aliphatic rings. The fourth-order valence-electron chi connectivity index (χ4n) is 3.46. The minimum Gasteiger partial charge on any atom is -0.377 e. The van der Waals surface area contributed by atoms with Gasteiger partial charge in [0.15, 0.2) is 0 Å². The lowest BCUT2D eigenvalue weighted by atomic mass is 10.1. The van der Waals surface area contributed by atoms with Crippen LogP contribution in [0.4, 0.5) is 11.4 Å². The molecule has 182 valence electrons. The van der Waals surface area contributed by atoms with Crippen molar-refractivity contribution in [2.75, 3.05) is 17.7 Å². The fraction of sp³-hybridized carbons (Fsp3) is 0.125. The Morgan fingerprint density at radius 1 is 1.06 bits per heavy atom. The van der Waals surface area contributed by atoms with Crippen molar-refractivity contribution in [3.8, 4) is 0 Å². The van der Waals surface area contributed by atoms with Crippen molar-refractivity contribution in [2.24, 2.45) is 0 Å². The standard InChI is InChI=1S/C24H19BrCl2N4O3.ClH/c1-12-16(26)6-4-8-18(12)30-23(32)14-9-13(10-19-22(14)31-20(29-19)11-34-2)28-24(33)21-15(25)5-3-7-17(21)27;/h3-10H,11H2,1-2H3,(H,28,33)(H,29,31)(H,30,32);1H. The number of hydrogen-bond acceptors (Lipinski definition) is 4. The number of methoxy groups -OCH3 is 1. The number of ether oxygens (including phenoxy) is 1. The van der Waals surface area contributed by atoms with Gasteiger partial charge in [0, 0.05) is 28.0 Å². The highest BCUT2D eigenvalue weighted by Gasteiger charge is 2.20. The predicted octanol–water partition coefficient (Wildman–Crippen LogP) is 7.01. The van der Waals surface area contributed by atoms with E-state index in [2.05, 4.69) is 36.5 Å². The summed E-state index contributed by atoms with van der Waals surface area (Å²) in [4.78, 5) is 33.9. The fourth-order valence-corrected chi connectivity index (χ4v) is 4.56. The van der Waals surface area contributed by atoms with Crippen molar-refractivity contribution < 1.29 is 14.3 Å². The molecule has 11 heteroatoms. The molecule has 2 amide bonds. The smallest absolute Gasteiger partial charge is 0.258 e. The van der Waals surface area contributed by atoms with Gasteiger partial charge in [-0.2, -0.15) is 0 Å². The van der Waals surface area contributed by atoms with E-state index in [9.17, 15) is 9.59 Å². The van der Waals surface area contributed by atoms with E-state index in [4.69, 9.17) is 27.9 Å². The molecule has 3 N–H and O–H groups in total. The highest BCUT2D eigenvalue weighted by Crippen LogP contribution is 2.29. The first-order chi connectivity index (χ1) is 16.3. The Morgan fingerprint density at radius 3 is 2.49 bits per heavy atom. The Bertz CT molecular complexity index is 1400. The zero-order chi connectivity index (χ0) is 24.4. The second-order valence-electron chi connectivity index (χ2n) is 7.45. The summed E-state index contributed by atoms with van der Waals surface area (Å²) in [5.74, 6) is -0.283. The summed E-state index contributed by atoms with van der Waals surface area (Å²) in [7, 11) is 1.55. The van der Waals surface area contributed by atoms with E-state index < -0.39 is 11.8 Å². The average Bonchev–Trinajstić information content (AvgIpc) is 3.19. The van der Waals surface area contributed by atoms with Crippen LogP contribution in [0.15, 0.2) is 53.0 Å². The van der Waals surface area contributed by atoms with Crippen LogP contribution in [0.25, 0.3) is 11.0 Å². The number of anilines is 2. The number of aromatic nitrogens is 2. The monoisotopic (exact) mass is 596 g/mol. The zero-order valence-electron chi connectivity index (χ0n) is 18.5. The summed E-state index contributed by atoms with van der Waals surface area (Å²) in [6.45, 7) is 2.05. The quantitative estimate of drug-likeness (QED) is 0.222. The van der Waals surface area contributed by atoms with E-state index in [-0.39, 0.29) is 30.1 Å². The lowest BCUT2D eigenvalue weighted by Crippen LogP contribution is -2.16. The van der Waals surface area contributed by atoms with E-state index in [0.717, 1.165) is 5.56 Å². The molecule has 0 saturated carbocycles. The number of imidazole rings is 1. The third-order valence-electron chi connectivity index (χ3n) is 5.12. The molecular weight excluding hydrogens is 579 g/mol. The maximum atomic E-state index is 13.3. The lowest BCUT2D eigenvalue weighted by Gasteiger charge is -2.12. The van der Waals surface area contributed by atoms with Crippen LogP contribution in [0, 0.1) is 6.92 Å². The number of carbonyl (C=O) groups excluding carboxylic acids is 2. The largest absolute Gasteiger partial charge is 0.377 e. The maximum absolute atomic E-state index is 13.3. The molecule has 7 nitrogen and oxygen atoms in total. The molecule has 0 radical (unpaired) electrons. The third kappa shape index (κ3) is 5.79. The third-order valence-corrected chi connectivity index (χ3v) is 6.51. The minimum absolute atomic E-state index is 0. The van der Waals surface area contributed by atoms with Crippen LogP contribution < -0.4 is 10.6 Å². The first-order valence-electron chi connectivity index (χ1n) is 10.1. The lowest BCUT2D eigenvalue weighted by molar-refractivity contribution is 0.101. The van der Waals surface area contributed by atoms with Gasteiger partial charge in [-0.1, -0.05) is 35.3 Å². The Labute approximate surface area is 226 Å². The molecule has 0 unspecified atom stereocenters. The molecule has 1 aromatic heterocycles. The van der Waals surface area contributed by atoms with Crippen molar-refractivity contribution in [3.05, 3.63) is 85.6 Å². The van der Waals surface area contributed by atoms with Gasteiger partial charge in [0.2, 0.25) is 0 Å². The molecule has 0 fully saturated rings. The van der Waals surface area contributed by atoms with Crippen LogP contribution in [0.3, 0.4) is 0 Å². The van der Waals surface area contributed by atoms with Crippen LogP contribution in [-0.2, 0) is 11.3 Å². The summed E-state index contributed by atoms with van der Waals surface area (Å²) in [6.07, 6.45) is 0. The molecule has 0 saturated heterocycles. The number of rotatable bonds is 6. The molecule has 0 aliphatic carbocycles.